The SMILES string of the molecule is COC(=O)c1cc2cc(B(O)O)ccc2o1. The number of esters is 1. The number of hydrogen-bond acceptors (Lipinski definition) is 5. The van der Waals surface area contributed by atoms with Crippen LogP contribution in [0.4, 0.5) is 0 Å². The maximum Gasteiger partial charge on any atom is 0.488 e. The van der Waals surface area contributed by atoms with Crippen LogP contribution in [-0.4, -0.2) is 30.2 Å². The number of fused-ring (bicyclic) bond motifs is 1. The number of carbonyl (C=O) groups is 1. The predicted octanol–water partition coefficient (Wildman–Crippen LogP) is -0.101. The molecule has 1 aromatic carbocycles. The van der Waals surface area contributed by atoms with Crippen LogP contribution in [0.1, 0.15) is 10.6 Å². The van der Waals surface area contributed by atoms with Crippen molar-refractivity contribution < 1.29 is 24.0 Å². The summed E-state index contributed by atoms with van der Waals surface area (Å²) in [6, 6.07) is 6.11. The molecule has 2 aromatic rings. The van der Waals surface area contributed by atoms with E-state index < -0.39 is 13.1 Å². The first-order chi connectivity index (χ1) is 7.61. The Morgan fingerprint density at radius 1 is 1.38 bits per heavy atom. The van der Waals surface area contributed by atoms with E-state index in [0.29, 0.717) is 16.4 Å². The zero-order valence-corrected chi connectivity index (χ0v) is 8.51. The van der Waals surface area contributed by atoms with E-state index in [9.17, 15) is 4.79 Å². The van der Waals surface area contributed by atoms with Crippen molar-refractivity contribution in [3.8, 4) is 0 Å². The highest BCUT2D eigenvalue weighted by Crippen LogP contribution is 2.18. The Bertz CT molecular complexity index is 531. The average molecular weight is 220 g/mol. The lowest BCUT2D eigenvalue weighted by Crippen LogP contribution is -2.29. The van der Waals surface area contributed by atoms with E-state index in [0.717, 1.165) is 0 Å². The molecule has 0 fully saturated rings. The lowest BCUT2D eigenvalue weighted by Gasteiger charge is -1.97. The number of ether oxygens (including phenoxy) is 1. The number of carbonyl (C=O) groups excluding carboxylic acids is 1. The van der Waals surface area contributed by atoms with Crippen LogP contribution in [0.5, 0.6) is 0 Å². The molecule has 6 heteroatoms. The molecule has 2 rings (SSSR count). The number of methoxy groups -OCH3 is 1. The van der Waals surface area contributed by atoms with Gasteiger partial charge >= 0.3 is 13.1 Å². The molecule has 0 amide bonds. The first-order valence-electron chi connectivity index (χ1n) is 4.60. The fourth-order valence-corrected chi connectivity index (χ4v) is 1.42. The van der Waals surface area contributed by atoms with E-state index >= 15 is 0 Å². The van der Waals surface area contributed by atoms with Crippen LogP contribution in [0.2, 0.25) is 0 Å². The topological polar surface area (TPSA) is 79.9 Å². The molecular formula is C10H9BO5. The summed E-state index contributed by atoms with van der Waals surface area (Å²) in [6.45, 7) is 0. The first-order valence-corrected chi connectivity index (χ1v) is 4.60. The Morgan fingerprint density at radius 3 is 2.75 bits per heavy atom. The van der Waals surface area contributed by atoms with Crippen molar-refractivity contribution in [1.82, 2.24) is 0 Å². The summed E-state index contributed by atoms with van der Waals surface area (Å²) in [7, 11) is -0.279. The molecule has 0 unspecified atom stereocenters. The van der Waals surface area contributed by atoms with Crippen molar-refractivity contribution in [2.75, 3.05) is 7.11 Å². The maximum atomic E-state index is 11.2. The van der Waals surface area contributed by atoms with Crippen LogP contribution in [0.15, 0.2) is 28.7 Å². The van der Waals surface area contributed by atoms with Crippen molar-refractivity contribution in [2.45, 2.75) is 0 Å². The van der Waals surface area contributed by atoms with Crippen LogP contribution >= 0.6 is 0 Å². The zero-order valence-electron chi connectivity index (χ0n) is 8.51. The van der Waals surface area contributed by atoms with Gasteiger partial charge in [0.15, 0.2) is 0 Å². The van der Waals surface area contributed by atoms with E-state index in [-0.39, 0.29) is 5.76 Å². The van der Waals surface area contributed by atoms with Gasteiger partial charge in [0.2, 0.25) is 5.76 Å². The smallest absolute Gasteiger partial charge is 0.463 e. The van der Waals surface area contributed by atoms with E-state index in [1.54, 1.807) is 6.07 Å². The Morgan fingerprint density at radius 2 is 2.12 bits per heavy atom. The summed E-state index contributed by atoms with van der Waals surface area (Å²) in [6.07, 6.45) is 0. The Balaban J connectivity index is 2.50. The van der Waals surface area contributed by atoms with E-state index in [4.69, 9.17) is 14.5 Å². The molecule has 5 nitrogen and oxygen atoms in total. The third kappa shape index (κ3) is 1.80. The van der Waals surface area contributed by atoms with Crippen LogP contribution < -0.4 is 5.46 Å². The van der Waals surface area contributed by atoms with Crippen molar-refractivity contribution in [2.24, 2.45) is 0 Å². The first kappa shape index (κ1) is 10.7. The molecule has 1 heterocycles. The molecule has 2 N–H and O–H groups in total. The minimum atomic E-state index is -1.54. The van der Waals surface area contributed by atoms with Gasteiger partial charge in [-0.15, -0.1) is 0 Å². The Hall–Kier alpha value is -1.79. The molecule has 0 saturated heterocycles. The van der Waals surface area contributed by atoms with Gasteiger partial charge < -0.3 is 19.2 Å². The second kappa shape index (κ2) is 4.00. The van der Waals surface area contributed by atoms with E-state index in [1.165, 1.54) is 25.3 Å². The fraction of sp³-hybridized carbons (Fsp3) is 0.100. The Kier molecular flexibility index (Phi) is 2.68. The molecule has 16 heavy (non-hydrogen) atoms. The van der Waals surface area contributed by atoms with Crippen molar-refractivity contribution in [1.29, 1.82) is 0 Å². The summed E-state index contributed by atoms with van der Waals surface area (Å²) in [5.41, 5.74) is 0.828. The van der Waals surface area contributed by atoms with Gasteiger partial charge in [-0.2, -0.15) is 0 Å². The summed E-state index contributed by atoms with van der Waals surface area (Å²) in [4.78, 5) is 11.2. The third-order valence-corrected chi connectivity index (χ3v) is 2.23. The van der Waals surface area contributed by atoms with Crippen LogP contribution in [-0.2, 0) is 4.74 Å². The maximum absolute atomic E-state index is 11.2. The van der Waals surface area contributed by atoms with Gasteiger partial charge in [0.1, 0.15) is 5.58 Å². The minimum absolute atomic E-state index is 0.0853. The van der Waals surface area contributed by atoms with E-state index in [1.807, 2.05) is 0 Å². The number of benzene rings is 1. The van der Waals surface area contributed by atoms with Gasteiger partial charge in [-0.3, -0.25) is 0 Å². The predicted molar refractivity (Wildman–Crippen MR) is 57.4 cm³/mol. The fourth-order valence-electron chi connectivity index (χ4n) is 1.42. The van der Waals surface area contributed by atoms with Gasteiger partial charge in [-0.1, -0.05) is 12.1 Å². The number of furan rings is 1. The van der Waals surface area contributed by atoms with Gasteiger partial charge in [-0.05, 0) is 17.6 Å². The van der Waals surface area contributed by atoms with Crippen molar-refractivity contribution >= 4 is 29.5 Å². The quantitative estimate of drug-likeness (QED) is 0.545. The van der Waals surface area contributed by atoms with Gasteiger partial charge in [0.25, 0.3) is 0 Å². The molecule has 0 bridgehead atoms. The lowest BCUT2D eigenvalue weighted by molar-refractivity contribution is 0.0567. The molecule has 0 saturated carbocycles. The summed E-state index contributed by atoms with van der Waals surface area (Å²) in [5, 5.41) is 18.6. The van der Waals surface area contributed by atoms with Gasteiger partial charge in [0.05, 0.1) is 7.11 Å². The second-order valence-electron chi connectivity index (χ2n) is 3.27. The molecule has 1 aromatic heterocycles. The van der Waals surface area contributed by atoms with Crippen LogP contribution in [0.25, 0.3) is 11.0 Å². The second-order valence-corrected chi connectivity index (χ2v) is 3.27. The standard InChI is InChI=1S/C10H9BO5/c1-15-10(12)9-5-6-4-7(11(13)14)2-3-8(6)16-9/h2-5,13-14H,1H3. The molecule has 0 aliphatic heterocycles. The molecule has 0 aliphatic rings. The Labute approximate surface area is 91.4 Å². The lowest BCUT2D eigenvalue weighted by atomic mass is 9.80. The molecular weight excluding hydrogens is 211 g/mol. The highest BCUT2D eigenvalue weighted by atomic mass is 16.5. The third-order valence-electron chi connectivity index (χ3n) is 2.23. The minimum Gasteiger partial charge on any atom is -0.463 e. The average Bonchev–Trinajstić information content (AvgIpc) is 2.70. The monoisotopic (exact) mass is 220 g/mol. The molecule has 0 spiro atoms. The van der Waals surface area contributed by atoms with Crippen molar-refractivity contribution in [3.05, 3.63) is 30.0 Å². The normalized spacial score (nSPS) is 10.4. The van der Waals surface area contributed by atoms with E-state index in [2.05, 4.69) is 4.74 Å². The summed E-state index contributed by atoms with van der Waals surface area (Å²) >= 11 is 0. The zero-order chi connectivity index (χ0) is 11.7. The molecule has 0 aliphatic carbocycles. The largest absolute Gasteiger partial charge is 0.488 e. The highest BCUT2D eigenvalue weighted by Gasteiger charge is 2.15. The summed E-state index contributed by atoms with van der Waals surface area (Å²) in [5.74, 6) is -0.482. The van der Waals surface area contributed by atoms with Crippen LogP contribution in [0, 0.1) is 0 Å². The van der Waals surface area contributed by atoms with Gasteiger partial charge in [0, 0.05) is 5.39 Å². The van der Waals surface area contributed by atoms with Crippen LogP contribution in [0.3, 0.4) is 0 Å². The van der Waals surface area contributed by atoms with Crippen molar-refractivity contribution in [3.63, 3.8) is 0 Å². The molecule has 0 radical (unpaired) electrons. The van der Waals surface area contributed by atoms with Gasteiger partial charge in [-0.25, -0.2) is 4.79 Å². The highest BCUT2D eigenvalue weighted by molar-refractivity contribution is 6.58. The molecule has 0 atom stereocenters. The number of rotatable bonds is 2. The summed E-state index contributed by atoms with van der Waals surface area (Å²) < 4.78 is 9.73. The number of hydrogen-bond donors (Lipinski definition) is 2. The molecule has 82 valence electrons.